The highest BCUT2D eigenvalue weighted by atomic mass is 28.4. The van der Waals surface area contributed by atoms with Crippen molar-refractivity contribution in [3.8, 4) is 0 Å². The van der Waals surface area contributed by atoms with Gasteiger partial charge in [-0.05, 0) is 76.2 Å². The Morgan fingerprint density at radius 2 is 1.38 bits per heavy atom. The molecule has 2 aromatic carbocycles. The van der Waals surface area contributed by atoms with Crippen LogP contribution in [-0.4, -0.2) is 80.7 Å². The number of rotatable bonds is 13. The number of ether oxygens (including phenoxy) is 4. The van der Waals surface area contributed by atoms with E-state index in [4.69, 9.17) is 23.4 Å². The van der Waals surface area contributed by atoms with E-state index >= 15 is 0 Å². The first-order valence-electron chi connectivity index (χ1n) is 17.7. The highest BCUT2D eigenvalue weighted by molar-refractivity contribution is 6.99. The summed E-state index contributed by atoms with van der Waals surface area (Å²) in [5, 5.41) is 4.65. The lowest BCUT2D eigenvalue weighted by Gasteiger charge is -2.44. The molecule has 11 heteroatoms. The molecule has 1 saturated heterocycles. The fourth-order valence-electron chi connectivity index (χ4n) is 6.73. The van der Waals surface area contributed by atoms with E-state index in [1.54, 1.807) is 25.7 Å². The number of methoxy groups -OCH3 is 1. The van der Waals surface area contributed by atoms with E-state index < -0.39 is 56.2 Å². The van der Waals surface area contributed by atoms with Crippen LogP contribution < -0.4 is 15.7 Å². The Morgan fingerprint density at radius 3 is 1.80 bits per heavy atom. The van der Waals surface area contributed by atoms with Gasteiger partial charge in [0.2, 0.25) is 12.3 Å². The van der Waals surface area contributed by atoms with Crippen LogP contribution in [0.25, 0.3) is 0 Å². The maximum Gasteiger partial charge on any atom is 0.411 e. The quantitative estimate of drug-likeness (QED) is 0.150. The van der Waals surface area contributed by atoms with Crippen molar-refractivity contribution in [2.45, 2.75) is 136 Å². The third-order valence-electron chi connectivity index (χ3n) is 8.79. The van der Waals surface area contributed by atoms with Crippen molar-refractivity contribution in [2.24, 2.45) is 5.92 Å². The van der Waals surface area contributed by atoms with Gasteiger partial charge in [0.15, 0.2) is 0 Å². The van der Waals surface area contributed by atoms with Gasteiger partial charge in [0.25, 0.3) is 8.32 Å². The third kappa shape index (κ3) is 10.6. The van der Waals surface area contributed by atoms with Gasteiger partial charge in [0.05, 0.1) is 6.10 Å². The molecule has 1 N–H and O–H groups in total. The molecule has 1 aliphatic heterocycles. The van der Waals surface area contributed by atoms with Crippen LogP contribution in [-0.2, 0) is 33.0 Å². The molecule has 10 nitrogen and oxygen atoms in total. The van der Waals surface area contributed by atoms with Crippen molar-refractivity contribution >= 4 is 36.7 Å². The minimum Gasteiger partial charge on any atom is -0.458 e. The first-order chi connectivity index (χ1) is 23.2. The number of nitrogens with one attached hydrogen (secondary N) is 1. The van der Waals surface area contributed by atoms with Gasteiger partial charge in [-0.3, -0.25) is 9.69 Å². The van der Waals surface area contributed by atoms with E-state index in [0.717, 1.165) is 10.4 Å². The van der Waals surface area contributed by atoms with Gasteiger partial charge >= 0.3 is 12.1 Å². The minimum atomic E-state index is -2.97. The zero-order chi connectivity index (χ0) is 37.5. The molecule has 1 fully saturated rings. The summed E-state index contributed by atoms with van der Waals surface area (Å²) in [5.74, 6) is -1.09. The van der Waals surface area contributed by atoms with Crippen LogP contribution in [0.15, 0.2) is 60.7 Å². The minimum absolute atomic E-state index is 0.270. The van der Waals surface area contributed by atoms with Crippen LogP contribution in [0.1, 0.15) is 95.4 Å². The molecule has 2 aromatic rings. The highest BCUT2D eigenvalue weighted by Crippen LogP contribution is 2.41. The average Bonchev–Trinajstić information content (AvgIpc) is 3.37. The molecular weight excluding hydrogens is 653 g/mol. The largest absolute Gasteiger partial charge is 0.458 e. The van der Waals surface area contributed by atoms with Crippen LogP contribution >= 0.6 is 0 Å². The van der Waals surface area contributed by atoms with Gasteiger partial charge in [-0.2, -0.15) is 0 Å². The third-order valence-corrected chi connectivity index (χ3v) is 13.8. The Hall–Kier alpha value is -3.25. The number of benzene rings is 2. The molecule has 0 aliphatic carbocycles. The van der Waals surface area contributed by atoms with Crippen LogP contribution in [0.3, 0.4) is 0 Å². The zero-order valence-electron chi connectivity index (χ0n) is 32.2. The summed E-state index contributed by atoms with van der Waals surface area (Å²) in [5.41, 5.74) is -1.58. The Labute approximate surface area is 300 Å². The topological polar surface area (TPSA) is 113 Å². The van der Waals surface area contributed by atoms with Crippen molar-refractivity contribution in [2.75, 3.05) is 13.7 Å². The van der Waals surface area contributed by atoms with Crippen molar-refractivity contribution in [1.82, 2.24) is 10.2 Å². The van der Waals surface area contributed by atoms with Gasteiger partial charge in [-0.1, -0.05) is 88.4 Å². The second kappa shape index (κ2) is 16.8. The summed E-state index contributed by atoms with van der Waals surface area (Å²) < 4.78 is 30.9. The molecule has 5 atom stereocenters. The normalized spacial score (nSPS) is 19.8. The van der Waals surface area contributed by atoms with Crippen LogP contribution in [0.5, 0.6) is 0 Å². The molecule has 50 heavy (non-hydrogen) atoms. The summed E-state index contributed by atoms with van der Waals surface area (Å²) in [6, 6.07) is 19.3. The van der Waals surface area contributed by atoms with Gasteiger partial charge < -0.3 is 28.7 Å². The van der Waals surface area contributed by atoms with Crippen molar-refractivity contribution in [1.29, 1.82) is 0 Å². The monoisotopic (exact) mass is 712 g/mol. The molecule has 1 aliphatic rings. The summed E-state index contributed by atoms with van der Waals surface area (Å²) in [6.07, 6.45) is -0.837. The lowest BCUT2D eigenvalue weighted by Crippen LogP contribution is -2.67. The smallest absolute Gasteiger partial charge is 0.411 e. The molecule has 0 radical (unpaired) electrons. The van der Waals surface area contributed by atoms with Crippen LogP contribution in [0.4, 0.5) is 4.79 Å². The predicted molar refractivity (Wildman–Crippen MR) is 198 cm³/mol. The van der Waals surface area contributed by atoms with E-state index in [1.165, 1.54) is 14.0 Å². The fourth-order valence-corrected chi connectivity index (χ4v) is 11.3. The Balaban J connectivity index is 2.16. The van der Waals surface area contributed by atoms with Crippen molar-refractivity contribution in [3.63, 3.8) is 0 Å². The lowest BCUT2D eigenvalue weighted by molar-refractivity contribution is -0.182. The van der Waals surface area contributed by atoms with Crippen molar-refractivity contribution in [3.05, 3.63) is 60.7 Å². The second-order valence-corrected chi connectivity index (χ2v) is 20.5. The maximum absolute atomic E-state index is 14.1. The van der Waals surface area contributed by atoms with Crippen LogP contribution in [0.2, 0.25) is 5.04 Å². The van der Waals surface area contributed by atoms with E-state index in [9.17, 15) is 14.4 Å². The number of carbonyl (C=O) groups excluding carboxylic acids is 3. The highest BCUT2D eigenvalue weighted by Gasteiger charge is 2.54. The number of hydrogen-bond acceptors (Lipinski definition) is 8. The number of carbonyl (C=O) groups is 3. The van der Waals surface area contributed by atoms with Crippen LogP contribution in [0, 0.1) is 5.92 Å². The maximum atomic E-state index is 14.1. The molecule has 0 bridgehead atoms. The van der Waals surface area contributed by atoms with E-state index in [0.29, 0.717) is 19.3 Å². The fraction of sp³-hybridized carbons (Fsp3) is 0.615. The van der Waals surface area contributed by atoms with Gasteiger partial charge in [-0.15, -0.1) is 0 Å². The summed E-state index contributed by atoms with van der Waals surface area (Å²) in [4.78, 5) is 41.5. The molecule has 3 rings (SSSR count). The van der Waals surface area contributed by atoms with E-state index in [2.05, 4.69) is 50.4 Å². The SMILES string of the molecule is CC[C@H](C[C@@H]1[C@H](CO[Si](c2ccccc2)(c2ccccc2)C(C)(C)C)CC(C(=O)OC(C)(C)C)N1C(=O)OC(C)(C)C)OC(NC(C)=O)OC. The molecule has 0 aromatic heterocycles. The lowest BCUT2D eigenvalue weighted by atomic mass is 9.94. The second-order valence-electron chi connectivity index (χ2n) is 16.1. The summed E-state index contributed by atoms with van der Waals surface area (Å²) in [6.45, 7) is 21.1. The first-order valence-corrected chi connectivity index (χ1v) is 19.6. The average molecular weight is 713 g/mol. The molecular formula is C39H60N2O8Si. The van der Waals surface area contributed by atoms with Gasteiger partial charge in [0, 0.05) is 32.6 Å². The molecule has 1 heterocycles. The van der Waals surface area contributed by atoms with E-state index in [1.807, 2.05) is 64.1 Å². The first kappa shape index (κ1) is 41.2. The number of likely N-dealkylation sites (tertiary alicyclic amines) is 1. The van der Waals surface area contributed by atoms with E-state index in [-0.39, 0.29) is 23.5 Å². The standard InChI is InChI=1S/C39H60N2O8Si/c1-13-29(47-35(45-12)40-27(2)42)25-32-28(24-33(34(43)48-37(3,4)5)41(32)36(44)49-38(6,7)8)26-46-50(39(9,10)11,30-20-16-14-17-21-30)31-22-18-15-19-23-31/h14-23,28-29,32-33,35H,13,24-26H2,1-12H3,(H,40,42)/t28-,29+,32+,33?,35?/m0/s1. The Kier molecular flexibility index (Phi) is 13.9. The number of nitrogens with zero attached hydrogens (tertiary/aromatic N) is 1. The number of hydrogen-bond donors (Lipinski definition) is 1. The molecule has 2 amide bonds. The predicted octanol–water partition coefficient (Wildman–Crippen LogP) is 6.15. The van der Waals surface area contributed by atoms with Gasteiger partial charge in [0.1, 0.15) is 17.2 Å². The van der Waals surface area contributed by atoms with Gasteiger partial charge in [-0.25, -0.2) is 9.59 Å². The summed E-state index contributed by atoms with van der Waals surface area (Å²) in [7, 11) is -1.52. The molecule has 0 saturated carbocycles. The molecule has 0 spiro atoms. The summed E-state index contributed by atoms with van der Waals surface area (Å²) >= 11 is 0. The molecule has 2 unspecified atom stereocenters. The number of esters is 1. The molecule has 278 valence electrons. The Bertz CT molecular complexity index is 1360. The number of amides is 2. The zero-order valence-corrected chi connectivity index (χ0v) is 33.2. The van der Waals surface area contributed by atoms with Crippen molar-refractivity contribution < 1.29 is 37.8 Å². The Morgan fingerprint density at radius 1 is 0.860 bits per heavy atom.